The molecular formula is C22H34N4O4. The number of carbonyl (C=O) groups excluding carboxylic acids is 1. The maximum atomic E-state index is 12.6. The Morgan fingerprint density at radius 2 is 2.13 bits per heavy atom. The summed E-state index contributed by atoms with van der Waals surface area (Å²) in [7, 11) is 0. The molecule has 30 heavy (non-hydrogen) atoms. The smallest absolute Gasteiger partial charge is 0.293 e. The molecule has 2 unspecified atom stereocenters. The fourth-order valence-corrected chi connectivity index (χ4v) is 4.38. The molecule has 0 bridgehead atoms. The van der Waals surface area contributed by atoms with Crippen LogP contribution in [-0.2, 0) is 4.74 Å². The third-order valence-corrected chi connectivity index (χ3v) is 5.77. The minimum absolute atomic E-state index is 0.00576. The summed E-state index contributed by atoms with van der Waals surface area (Å²) >= 11 is 0. The Balaban J connectivity index is 1.63. The van der Waals surface area contributed by atoms with Crippen molar-refractivity contribution in [3.05, 3.63) is 33.9 Å². The van der Waals surface area contributed by atoms with Crippen LogP contribution in [-0.4, -0.2) is 67.7 Å². The van der Waals surface area contributed by atoms with E-state index in [9.17, 15) is 14.9 Å². The van der Waals surface area contributed by atoms with Crippen molar-refractivity contribution >= 4 is 17.3 Å². The first-order chi connectivity index (χ1) is 14.3. The molecule has 1 aromatic carbocycles. The van der Waals surface area contributed by atoms with Crippen LogP contribution in [0.15, 0.2) is 18.2 Å². The summed E-state index contributed by atoms with van der Waals surface area (Å²) in [6, 6.07) is 4.80. The zero-order valence-corrected chi connectivity index (χ0v) is 18.3. The SMILES string of the molecule is CC(C)CN1CCOC(CNC(=O)c2ccc(N3CCCC(C)C3)c([N+](=O)[O-])c2)C1. The first-order valence-electron chi connectivity index (χ1n) is 11.0. The number of hydrogen-bond donors (Lipinski definition) is 1. The van der Waals surface area contributed by atoms with Crippen molar-refractivity contribution < 1.29 is 14.5 Å². The molecule has 0 saturated carbocycles. The number of nitro groups is 1. The topological polar surface area (TPSA) is 88.0 Å². The summed E-state index contributed by atoms with van der Waals surface area (Å²) in [6.45, 7) is 11.9. The van der Waals surface area contributed by atoms with E-state index >= 15 is 0 Å². The van der Waals surface area contributed by atoms with E-state index in [1.807, 2.05) is 0 Å². The Kier molecular flexibility index (Phi) is 7.66. The van der Waals surface area contributed by atoms with Crippen LogP contribution in [0.1, 0.15) is 44.0 Å². The first kappa shape index (κ1) is 22.5. The number of hydrogen-bond acceptors (Lipinski definition) is 6. The van der Waals surface area contributed by atoms with Gasteiger partial charge in [-0.2, -0.15) is 0 Å². The van der Waals surface area contributed by atoms with Gasteiger partial charge in [0.05, 0.1) is 17.6 Å². The quantitative estimate of drug-likeness (QED) is 0.541. The molecule has 2 aliphatic heterocycles. The number of anilines is 1. The molecule has 1 amide bonds. The molecule has 1 N–H and O–H groups in total. The van der Waals surface area contributed by atoms with Gasteiger partial charge in [-0.25, -0.2) is 0 Å². The third kappa shape index (κ3) is 5.92. The summed E-state index contributed by atoms with van der Waals surface area (Å²) < 4.78 is 5.78. The van der Waals surface area contributed by atoms with Crippen molar-refractivity contribution in [2.24, 2.45) is 11.8 Å². The second kappa shape index (κ2) is 10.2. The van der Waals surface area contributed by atoms with Crippen LogP contribution >= 0.6 is 0 Å². The molecule has 2 fully saturated rings. The van der Waals surface area contributed by atoms with Crippen molar-refractivity contribution in [3.63, 3.8) is 0 Å². The molecule has 1 aromatic rings. The zero-order valence-electron chi connectivity index (χ0n) is 18.3. The molecule has 2 saturated heterocycles. The number of nitrogens with zero attached hydrogens (tertiary/aromatic N) is 3. The summed E-state index contributed by atoms with van der Waals surface area (Å²) in [6.07, 6.45) is 2.10. The highest BCUT2D eigenvalue weighted by atomic mass is 16.6. The van der Waals surface area contributed by atoms with Gasteiger partial charge in [0.2, 0.25) is 0 Å². The van der Waals surface area contributed by atoms with E-state index in [-0.39, 0.29) is 22.6 Å². The van der Waals surface area contributed by atoms with E-state index in [1.165, 1.54) is 6.07 Å². The van der Waals surface area contributed by atoms with Crippen LogP contribution in [0.5, 0.6) is 0 Å². The van der Waals surface area contributed by atoms with Crippen molar-refractivity contribution in [2.45, 2.75) is 39.7 Å². The predicted octanol–water partition coefficient (Wildman–Crippen LogP) is 2.92. The average Bonchev–Trinajstić information content (AvgIpc) is 2.71. The average molecular weight is 419 g/mol. The molecule has 2 aliphatic rings. The second-order valence-corrected chi connectivity index (χ2v) is 9.01. The van der Waals surface area contributed by atoms with E-state index in [1.54, 1.807) is 12.1 Å². The van der Waals surface area contributed by atoms with Crippen LogP contribution in [0.25, 0.3) is 0 Å². The first-order valence-corrected chi connectivity index (χ1v) is 11.0. The van der Waals surface area contributed by atoms with Gasteiger partial charge in [-0.05, 0) is 36.8 Å². The highest BCUT2D eigenvalue weighted by Crippen LogP contribution is 2.32. The van der Waals surface area contributed by atoms with Gasteiger partial charge in [0.1, 0.15) is 5.69 Å². The molecule has 2 atom stereocenters. The van der Waals surface area contributed by atoms with Crippen molar-refractivity contribution in [1.29, 1.82) is 0 Å². The molecule has 0 aromatic heterocycles. The maximum absolute atomic E-state index is 12.6. The molecule has 8 heteroatoms. The number of nitrogens with one attached hydrogen (secondary N) is 1. The Morgan fingerprint density at radius 3 is 2.83 bits per heavy atom. The van der Waals surface area contributed by atoms with Gasteiger partial charge in [-0.1, -0.05) is 20.8 Å². The van der Waals surface area contributed by atoms with Gasteiger partial charge in [-0.15, -0.1) is 0 Å². The van der Waals surface area contributed by atoms with Gasteiger partial charge in [0.25, 0.3) is 11.6 Å². The lowest BCUT2D eigenvalue weighted by Crippen LogP contribution is -2.48. The van der Waals surface area contributed by atoms with E-state index < -0.39 is 0 Å². The lowest BCUT2D eigenvalue weighted by atomic mass is 9.99. The number of benzene rings is 1. The Hall–Kier alpha value is -2.19. The molecule has 166 valence electrons. The molecule has 0 aliphatic carbocycles. The molecule has 2 heterocycles. The Bertz CT molecular complexity index is 755. The van der Waals surface area contributed by atoms with E-state index in [0.29, 0.717) is 36.2 Å². The summed E-state index contributed by atoms with van der Waals surface area (Å²) in [5.74, 6) is 0.786. The minimum atomic E-state index is -0.389. The van der Waals surface area contributed by atoms with Crippen LogP contribution in [0.4, 0.5) is 11.4 Å². The third-order valence-electron chi connectivity index (χ3n) is 5.77. The Morgan fingerprint density at radius 1 is 1.33 bits per heavy atom. The normalized spacial score (nSPS) is 22.9. The lowest BCUT2D eigenvalue weighted by molar-refractivity contribution is -0.384. The number of nitro benzene ring substituents is 1. The Labute approximate surface area is 178 Å². The van der Waals surface area contributed by atoms with Crippen molar-refractivity contribution in [1.82, 2.24) is 10.2 Å². The van der Waals surface area contributed by atoms with Crippen LogP contribution in [0, 0.1) is 22.0 Å². The number of morpholine rings is 1. The van der Waals surface area contributed by atoms with Crippen LogP contribution in [0.3, 0.4) is 0 Å². The number of rotatable bonds is 7. The molecule has 8 nitrogen and oxygen atoms in total. The second-order valence-electron chi connectivity index (χ2n) is 9.01. The summed E-state index contributed by atoms with van der Waals surface area (Å²) in [5.41, 5.74) is 0.905. The van der Waals surface area contributed by atoms with Gasteiger partial charge in [0.15, 0.2) is 0 Å². The fraction of sp³-hybridized carbons (Fsp3) is 0.682. The van der Waals surface area contributed by atoms with E-state index in [4.69, 9.17) is 4.74 Å². The highest BCUT2D eigenvalue weighted by Gasteiger charge is 2.26. The summed E-state index contributed by atoms with van der Waals surface area (Å²) in [4.78, 5) is 28.3. The van der Waals surface area contributed by atoms with Crippen LogP contribution < -0.4 is 10.2 Å². The van der Waals surface area contributed by atoms with E-state index in [0.717, 1.165) is 45.6 Å². The summed E-state index contributed by atoms with van der Waals surface area (Å²) in [5, 5.41) is 14.6. The van der Waals surface area contributed by atoms with Gasteiger partial charge >= 0.3 is 0 Å². The maximum Gasteiger partial charge on any atom is 0.293 e. The molecule has 0 radical (unpaired) electrons. The largest absolute Gasteiger partial charge is 0.374 e. The van der Waals surface area contributed by atoms with Gasteiger partial charge < -0.3 is 15.0 Å². The van der Waals surface area contributed by atoms with E-state index in [2.05, 4.69) is 35.9 Å². The number of ether oxygens (including phenoxy) is 1. The van der Waals surface area contributed by atoms with Crippen molar-refractivity contribution in [3.8, 4) is 0 Å². The number of piperidine rings is 1. The fourth-order valence-electron chi connectivity index (χ4n) is 4.38. The predicted molar refractivity (Wildman–Crippen MR) is 117 cm³/mol. The van der Waals surface area contributed by atoms with Crippen molar-refractivity contribution in [2.75, 3.05) is 50.8 Å². The van der Waals surface area contributed by atoms with Gasteiger partial charge in [-0.3, -0.25) is 19.8 Å². The lowest BCUT2D eigenvalue weighted by Gasteiger charge is -2.34. The van der Waals surface area contributed by atoms with Gasteiger partial charge in [0, 0.05) is 50.9 Å². The molecular weight excluding hydrogens is 384 g/mol. The molecule has 0 spiro atoms. The highest BCUT2D eigenvalue weighted by molar-refractivity contribution is 5.95. The number of carbonyl (C=O) groups is 1. The monoisotopic (exact) mass is 418 g/mol. The number of amides is 1. The van der Waals surface area contributed by atoms with Crippen LogP contribution in [0.2, 0.25) is 0 Å². The zero-order chi connectivity index (χ0) is 21.7. The minimum Gasteiger partial charge on any atom is -0.374 e. The molecule has 3 rings (SSSR count). The standard InChI is InChI=1S/C22H34N4O4/c1-16(2)13-24-9-10-30-19(15-24)12-23-22(27)18-6-7-20(21(11-18)26(28)29)25-8-4-5-17(3)14-25/h6-7,11,16-17,19H,4-5,8-10,12-15H2,1-3H3,(H,23,27).